The molecule has 14 heteroatoms. The van der Waals surface area contributed by atoms with Crippen molar-refractivity contribution in [3.05, 3.63) is 42.1 Å². The third kappa shape index (κ3) is 8.40. The molecule has 0 radical (unpaired) electrons. The zero-order chi connectivity index (χ0) is 33.3. The first-order valence-corrected chi connectivity index (χ1v) is 16.7. The molecular formula is C33H45N7O7. The number of likely N-dealkylation sites (tertiary alicyclic amines) is 1. The minimum atomic E-state index is -0.952. The second-order valence-electron chi connectivity index (χ2n) is 12.2. The number of piperazine rings is 1. The number of rotatable bonds is 12. The van der Waals surface area contributed by atoms with Crippen molar-refractivity contribution in [1.82, 2.24) is 35.1 Å². The van der Waals surface area contributed by atoms with E-state index in [9.17, 15) is 24.0 Å². The van der Waals surface area contributed by atoms with Crippen molar-refractivity contribution >= 4 is 29.7 Å². The fraction of sp³-hybridized carbons (Fsp3) is 0.576. The van der Waals surface area contributed by atoms with E-state index in [0.717, 1.165) is 38.5 Å². The summed E-state index contributed by atoms with van der Waals surface area (Å²) in [6.07, 6.45) is 4.77. The van der Waals surface area contributed by atoms with Crippen LogP contribution in [-0.2, 0) is 19.1 Å². The summed E-state index contributed by atoms with van der Waals surface area (Å²) in [5.74, 6) is -1.13. The Bertz CT molecular complexity index is 1420. The second kappa shape index (κ2) is 15.8. The highest BCUT2D eigenvalue weighted by Gasteiger charge is 2.38. The van der Waals surface area contributed by atoms with Crippen molar-refractivity contribution in [1.29, 1.82) is 0 Å². The van der Waals surface area contributed by atoms with E-state index in [1.165, 1.54) is 10.7 Å². The molecule has 0 bridgehead atoms. The molecule has 47 heavy (non-hydrogen) atoms. The highest BCUT2D eigenvalue weighted by Crippen LogP contribution is 2.25. The van der Waals surface area contributed by atoms with Gasteiger partial charge in [-0.25, -0.2) is 9.48 Å². The molecule has 0 unspecified atom stereocenters. The molecule has 2 N–H and O–H groups in total. The zero-order valence-corrected chi connectivity index (χ0v) is 27.2. The molecule has 1 aliphatic carbocycles. The Hall–Kier alpha value is -4.62. The van der Waals surface area contributed by atoms with Gasteiger partial charge >= 0.3 is 6.09 Å². The Kier molecular flexibility index (Phi) is 11.3. The number of amides is 5. The molecule has 3 heterocycles. The summed E-state index contributed by atoms with van der Waals surface area (Å²) in [5, 5.41) is 10.1. The van der Waals surface area contributed by atoms with Gasteiger partial charge in [0, 0.05) is 44.8 Å². The first-order chi connectivity index (χ1) is 22.7. The fourth-order valence-corrected chi connectivity index (χ4v) is 5.82. The molecule has 2 saturated heterocycles. The Balaban J connectivity index is 1.19. The topological polar surface area (TPSA) is 155 Å². The monoisotopic (exact) mass is 651 g/mol. The summed E-state index contributed by atoms with van der Waals surface area (Å²) in [5.41, 5.74) is 0.622. The van der Waals surface area contributed by atoms with Gasteiger partial charge in [-0.3, -0.25) is 19.2 Å². The van der Waals surface area contributed by atoms with Crippen LogP contribution in [0.5, 0.6) is 5.88 Å². The number of aromatic nitrogens is 2. The third-order valence-electron chi connectivity index (χ3n) is 8.86. The lowest BCUT2D eigenvalue weighted by molar-refractivity contribution is -0.143. The van der Waals surface area contributed by atoms with Gasteiger partial charge in [-0.05, 0) is 57.6 Å². The Labute approximate surface area is 274 Å². The number of ether oxygens (including phenoxy) is 2. The van der Waals surface area contributed by atoms with Crippen LogP contribution in [0, 0.1) is 0 Å². The lowest BCUT2D eigenvalue weighted by Crippen LogP contribution is -2.52. The van der Waals surface area contributed by atoms with Crippen molar-refractivity contribution in [3.63, 3.8) is 0 Å². The van der Waals surface area contributed by atoms with E-state index in [0.29, 0.717) is 51.4 Å². The van der Waals surface area contributed by atoms with Crippen molar-refractivity contribution in [3.8, 4) is 11.6 Å². The molecule has 2 aromatic rings. The highest BCUT2D eigenvalue weighted by atomic mass is 16.6. The standard InChI is InChI=1S/C33H45N7O7/c1-3-4-20-46-33(45)38-18-16-37(17-19-38)28(41)22-34-30(42)26-21-29(40(36-26)25-12-6-5-7-13-25)47-23(2)32(44)39-15-9-14-27(39)31(43)35-24-10-8-11-24/h5-7,12-13,21,23-24,27H,3-4,8-11,14-20,22H2,1-2H3,(H,34,42)(H,35,43)/t23-,27+/m1/s1. The maximum absolute atomic E-state index is 13.5. The van der Waals surface area contributed by atoms with E-state index in [-0.39, 0.29) is 48.0 Å². The number of unbranched alkanes of at least 4 members (excludes halogenated alkanes) is 1. The van der Waals surface area contributed by atoms with E-state index in [1.807, 2.05) is 25.1 Å². The molecule has 3 aliphatic rings. The molecule has 1 aromatic carbocycles. The van der Waals surface area contributed by atoms with Gasteiger partial charge in [-0.2, -0.15) is 5.10 Å². The summed E-state index contributed by atoms with van der Waals surface area (Å²) in [7, 11) is 0. The lowest BCUT2D eigenvalue weighted by Gasteiger charge is -2.34. The summed E-state index contributed by atoms with van der Waals surface area (Å²) in [4.78, 5) is 69.4. The van der Waals surface area contributed by atoms with Crippen molar-refractivity contribution in [2.75, 3.05) is 45.9 Å². The molecule has 1 saturated carbocycles. The minimum Gasteiger partial charge on any atom is -0.464 e. The van der Waals surface area contributed by atoms with Gasteiger partial charge in [0.1, 0.15) is 6.04 Å². The average Bonchev–Trinajstić information content (AvgIpc) is 3.73. The van der Waals surface area contributed by atoms with Crippen molar-refractivity contribution < 1.29 is 33.4 Å². The second-order valence-corrected chi connectivity index (χ2v) is 12.2. The largest absolute Gasteiger partial charge is 0.464 e. The van der Waals surface area contributed by atoms with Crippen LogP contribution in [0.3, 0.4) is 0 Å². The van der Waals surface area contributed by atoms with E-state index in [4.69, 9.17) is 9.47 Å². The molecule has 5 rings (SSSR count). The van der Waals surface area contributed by atoms with Gasteiger partial charge in [-0.15, -0.1) is 0 Å². The number of nitrogens with one attached hydrogen (secondary N) is 2. The van der Waals surface area contributed by atoms with Crippen LogP contribution in [0.15, 0.2) is 36.4 Å². The van der Waals surface area contributed by atoms with Crippen LogP contribution < -0.4 is 15.4 Å². The van der Waals surface area contributed by atoms with Crippen molar-refractivity contribution in [2.45, 2.75) is 77.0 Å². The Morgan fingerprint density at radius 2 is 1.68 bits per heavy atom. The SMILES string of the molecule is CCCCOC(=O)N1CCN(C(=O)CNC(=O)c2cc(O[C@H](C)C(=O)N3CCC[C@H]3C(=O)NC3CCC3)n(-c3ccccc3)n2)CC1. The van der Waals surface area contributed by atoms with Gasteiger partial charge in [0.15, 0.2) is 11.8 Å². The summed E-state index contributed by atoms with van der Waals surface area (Å²) in [6.45, 7) is 5.61. The third-order valence-corrected chi connectivity index (χ3v) is 8.86. The number of carbonyl (C=O) groups excluding carboxylic acids is 5. The first kappa shape index (κ1) is 33.7. The molecule has 0 spiro atoms. The normalized spacial score (nSPS) is 18.7. The highest BCUT2D eigenvalue weighted by molar-refractivity contribution is 5.95. The van der Waals surface area contributed by atoms with Gasteiger partial charge in [0.05, 0.1) is 18.8 Å². The van der Waals surface area contributed by atoms with Crippen molar-refractivity contribution in [2.24, 2.45) is 0 Å². The average molecular weight is 652 g/mol. The van der Waals surface area contributed by atoms with Gasteiger partial charge in [0.25, 0.3) is 11.8 Å². The Morgan fingerprint density at radius 1 is 0.957 bits per heavy atom. The number of hydrogen-bond acceptors (Lipinski definition) is 8. The molecule has 254 valence electrons. The molecule has 2 atom stereocenters. The van der Waals surface area contributed by atoms with Crippen LogP contribution >= 0.6 is 0 Å². The van der Waals surface area contributed by atoms with Gasteiger partial charge in [-0.1, -0.05) is 31.5 Å². The lowest BCUT2D eigenvalue weighted by atomic mass is 9.93. The smallest absolute Gasteiger partial charge is 0.409 e. The number of nitrogens with zero attached hydrogens (tertiary/aromatic N) is 5. The van der Waals surface area contributed by atoms with Crippen LogP contribution in [0.4, 0.5) is 4.79 Å². The predicted octanol–water partition coefficient (Wildman–Crippen LogP) is 2.11. The number of carbonyl (C=O) groups is 5. The van der Waals surface area contributed by atoms with E-state index in [1.54, 1.807) is 33.8 Å². The van der Waals surface area contributed by atoms with Crippen LogP contribution in [0.2, 0.25) is 0 Å². The number of para-hydroxylation sites is 1. The molecule has 14 nitrogen and oxygen atoms in total. The molecule has 1 aromatic heterocycles. The summed E-state index contributed by atoms with van der Waals surface area (Å²) in [6, 6.07) is 10.1. The van der Waals surface area contributed by atoms with Crippen LogP contribution in [0.1, 0.15) is 69.3 Å². The van der Waals surface area contributed by atoms with Gasteiger partial charge < -0.3 is 34.8 Å². The minimum absolute atomic E-state index is 0.00914. The predicted molar refractivity (Wildman–Crippen MR) is 171 cm³/mol. The van der Waals surface area contributed by atoms with E-state index < -0.39 is 18.1 Å². The number of benzene rings is 1. The van der Waals surface area contributed by atoms with Crippen LogP contribution in [0.25, 0.3) is 5.69 Å². The van der Waals surface area contributed by atoms with E-state index in [2.05, 4.69) is 15.7 Å². The number of hydrogen-bond donors (Lipinski definition) is 2. The van der Waals surface area contributed by atoms with E-state index >= 15 is 0 Å². The summed E-state index contributed by atoms with van der Waals surface area (Å²) >= 11 is 0. The summed E-state index contributed by atoms with van der Waals surface area (Å²) < 4.78 is 12.8. The quantitative estimate of drug-likeness (QED) is 0.331. The maximum atomic E-state index is 13.5. The first-order valence-electron chi connectivity index (χ1n) is 16.7. The molecule has 3 fully saturated rings. The van der Waals surface area contributed by atoms with Gasteiger partial charge in [0.2, 0.25) is 17.7 Å². The Morgan fingerprint density at radius 3 is 2.36 bits per heavy atom. The maximum Gasteiger partial charge on any atom is 0.409 e. The molecule has 5 amide bonds. The molecular weight excluding hydrogens is 606 g/mol. The fourth-order valence-electron chi connectivity index (χ4n) is 5.82. The molecule has 2 aliphatic heterocycles. The zero-order valence-electron chi connectivity index (χ0n) is 27.2. The van der Waals surface area contributed by atoms with Crippen LogP contribution in [-0.4, -0.2) is 118 Å².